The number of pyridine rings is 1. The molecule has 0 fully saturated rings. The Morgan fingerprint density at radius 2 is 1.81 bits per heavy atom. The summed E-state index contributed by atoms with van der Waals surface area (Å²) in [6.45, 7) is 2.33. The highest BCUT2D eigenvalue weighted by molar-refractivity contribution is 6.03. The van der Waals surface area contributed by atoms with Crippen LogP contribution in [-0.4, -0.2) is 29.9 Å². The minimum Gasteiger partial charge on any atom is -0.494 e. The third-order valence-electron chi connectivity index (χ3n) is 3.74. The van der Waals surface area contributed by atoms with E-state index in [9.17, 15) is 9.59 Å². The molecule has 3 rings (SSSR count). The van der Waals surface area contributed by atoms with Crippen molar-refractivity contribution in [1.82, 2.24) is 10.3 Å². The average Bonchev–Trinajstić information content (AvgIpc) is 2.67. The number of para-hydroxylation sites is 1. The van der Waals surface area contributed by atoms with Gasteiger partial charge in [0.05, 0.1) is 24.4 Å². The van der Waals surface area contributed by atoms with Gasteiger partial charge in [-0.15, -0.1) is 0 Å². The van der Waals surface area contributed by atoms with E-state index in [1.165, 1.54) is 0 Å². The lowest BCUT2D eigenvalue weighted by Crippen LogP contribution is -2.32. The van der Waals surface area contributed by atoms with Crippen LogP contribution >= 0.6 is 0 Å². The van der Waals surface area contributed by atoms with Crippen molar-refractivity contribution in [2.75, 3.05) is 18.5 Å². The standard InChI is InChI=1S/C20H19N3O3/c1-2-26-16-10-8-15(9-11-16)20(25)22-13-18(24)23-17-7-3-5-14-6-4-12-21-19(14)17/h3-12H,2,13H2,1H3,(H,22,25)(H,23,24). The Bertz CT molecular complexity index is 918. The van der Waals surface area contributed by atoms with Crippen molar-refractivity contribution in [3.63, 3.8) is 0 Å². The van der Waals surface area contributed by atoms with Crippen LogP contribution in [0.1, 0.15) is 17.3 Å². The van der Waals surface area contributed by atoms with Gasteiger partial charge in [0.25, 0.3) is 5.91 Å². The smallest absolute Gasteiger partial charge is 0.251 e. The van der Waals surface area contributed by atoms with Crippen LogP contribution in [0.3, 0.4) is 0 Å². The number of ether oxygens (including phenoxy) is 1. The number of carbonyl (C=O) groups is 2. The van der Waals surface area contributed by atoms with Gasteiger partial charge in [-0.1, -0.05) is 18.2 Å². The van der Waals surface area contributed by atoms with E-state index in [4.69, 9.17) is 4.74 Å². The molecule has 26 heavy (non-hydrogen) atoms. The molecule has 3 aromatic rings. The van der Waals surface area contributed by atoms with Crippen LogP contribution in [0.25, 0.3) is 10.9 Å². The topological polar surface area (TPSA) is 80.3 Å². The summed E-state index contributed by atoms with van der Waals surface area (Å²) in [5, 5.41) is 6.32. The molecule has 0 saturated carbocycles. The number of anilines is 1. The monoisotopic (exact) mass is 349 g/mol. The van der Waals surface area contributed by atoms with Crippen molar-refractivity contribution in [3.05, 3.63) is 66.4 Å². The first-order chi connectivity index (χ1) is 12.7. The highest BCUT2D eigenvalue weighted by atomic mass is 16.5. The Hall–Kier alpha value is -3.41. The molecular formula is C20H19N3O3. The van der Waals surface area contributed by atoms with Crippen LogP contribution in [0.2, 0.25) is 0 Å². The predicted molar refractivity (Wildman–Crippen MR) is 100 cm³/mol. The van der Waals surface area contributed by atoms with E-state index in [1.54, 1.807) is 36.5 Å². The Kier molecular flexibility index (Phi) is 5.43. The number of benzene rings is 2. The van der Waals surface area contributed by atoms with Gasteiger partial charge in [0.15, 0.2) is 0 Å². The molecule has 2 aromatic carbocycles. The zero-order valence-corrected chi connectivity index (χ0v) is 14.4. The van der Waals surface area contributed by atoms with Crippen LogP contribution in [0.5, 0.6) is 5.75 Å². The molecule has 0 saturated heterocycles. The molecule has 0 atom stereocenters. The van der Waals surface area contributed by atoms with Crippen LogP contribution in [-0.2, 0) is 4.79 Å². The Balaban J connectivity index is 1.59. The Morgan fingerprint density at radius 3 is 2.58 bits per heavy atom. The molecule has 1 heterocycles. The van der Waals surface area contributed by atoms with Crippen molar-refractivity contribution >= 4 is 28.4 Å². The van der Waals surface area contributed by atoms with Crippen molar-refractivity contribution < 1.29 is 14.3 Å². The summed E-state index contributed by atoms with van der Waals surface area (Å²) in [7, 11) is 0. The zero-order chi connectivity index (χ0) is 18.4. The first-order valence-electron chi connectivity index (χ1n) is 8.32. The van der Waals surface area contributed by atoms with Crippen LogP contribution < -0.4 is 15.4 Å². The molecule has 0 aliphatic heterocycles. The number of carbonyl (C=O) groups excluding carboxylic acids is 2. The number of hydrogen-bond donors (Lipinski definition) is 2. The van der Waals surface area contributed by atoms with Crippen LogP contribution in [0.4, 0.5) is 5.69 Å². The molecule has 2 amide bonds. The quantitative estimate of drug-likeness (QED) is 0.717. The number of rotatable bonds is 6. The van der Waals surface area contributed by atoms with E-state index in [2.05, 4.69) is 15.6 Å². The lowest BCUT2D eigenvalue weighted by molar-refractivity contribution is -0.115. The summed E-state index contributed by atoms with van der Waals surface area (Å²) >= 11 is 0. The van der Waals surface area contributed by atoms with Gasteiger partial charge in [0, 0.05) is 17.1 Å². The van der Waals surface area contributed by atoms with E-state index in [1.807, 2.05) is 31.2 Å². The fourth-order valence-corrected chi connectivity index (χ4v) is 2.53. The lowest BCUT2D eigenvalue weighted by Gasteiger charge is -2.09. The summed E-state index contributed by atoms with van der Waals surface area (Å²) in [6, 6.07) is 16.1. The lowest BCUT2D eigenvalue weighted by atomic mass is 10.2. The van der Waals surface area contributed by atoms with Gasteiger partial charge < -0.3 is 15.4 Å². The van der Waals surface area contributed by atoms with Gasteiger partial charge in [0.1, 0.15) is 5.75 Å². The predicted octanol–water partition coefficient (Wildman–Crippen LogP) is 3.00. The largest absolute Gasteiger partial charge is 0.494 e. The molecule has 2 N–H and O–H groups in total. The van der Waals surface area contributed by atoms with Gasteiger partial charge in [-0.05, 0) is 43.3 Å². The molecule has 132 valence electrons. The SMILES string of the molecule is CCOc1ccc(C(=O)NCC(=O)Nc2cccc3cccnc23)cc1. The van der Waals surface area contributed by atoms with Gasteiger partial charge >= 0.3 is 0 Å². The van der Waals surface area contributed by atoms with E-state index >= 15 is 0 Å². The maximum Gasteiger partial charge on any atom is 0.251 e. The number of nitrogens with one attached hydrogen (secondary N) is 2. The Labute approximate surface area is 151 Å². The van der Waals surface area contributed by atoms with Gasteiger partial charge in [-0.3, -0.25) is 14.6 Å². The fourth-order valence-electron chi connectivity index (χ4n) is 2.53. The highest BCUT2D eigenvalue weighted by Crippen LogP contribution is 2.20. The van der Waals surface area contributed by atoms with Gasteiger partial charge in [0.2, 0.25) is 5.91 Å². The first-order valence-corrected chi connectivity index (χ1v) is 8.32. The van der Waals surface area contributed by atoms with Gasteiger partial charge in [-0.2, -0.15) is 0 Å². The molecule has 0 spiro atoms. The minimum atomic E-state index is -0.320. The van der Waals surface area contributed by atoms with Crippen LogP contribution in [0, 0.1) is 0 Å². The van der Waals surface area contributed by atoms with Crippen molar-refractivity contribution in [2.45, 2.75) is 6.92 Å². The molecule has 1 aromatic heterocycles. The van der Waals surface area contributed by atoms with E-state index in [0.717, 1.165) is 5.39 Å². The molecule has 0 unspecified atom stereocenters. The summed E-state index contributed by atoms with van der Waals surface area (Å²) in [5.74, 6) is 0.0620. The molecule has 6 heteroatoms. The fraction of sp³-hybridized carbons (Fsp3) is 0.150. The second kappa shape index (κ2) is 8.11. The molecule has 0 radical (unpaired) electrons. The summed E-state index contributed by atoms with van der Waals surface area (Å²) in [5.41, 5.74) is 1.79. The molecule has 6 nitrogen and oxygen atoms in total. The summed E-state index contributed by atoms with van der Waals surface area (Å²) in [4.78, 5) is 28.6. The van der Waals surface area contributed by atoms with E-state index in [0.29, 0.717) is 29.1 Å². The van der Waals surface area contributed by atoms with Crippen molar-refractivity contribution in [1.29, 1.82) is 0 Å². The number of aromatic nitrogens is 1. The van der Waals surface area contributed by atoms with E-state index < -0.39 is 0 Å². The number of hydrogen-bond acceptors (Lipinski definition) is 4. The number of nitrogens with zero attached hydrogens (tertiary/aromatic N) is 1. The minimum absolute atomic E-state index is 0.130. The first kappa shape index (κ1) is 17.4. The van der Waals surface area contributed by atoms with Crippen molar-refractivity contribution in [3.8, 4) is 5.75 Å². The second-order valence-corrected chi connectivity index (χ2v) is 5.57. The average molecular weight is 349 g/mol. The maximum absolute atomic E-state index is 12.2. The third-order valence-corrected chi connectivity index (χ3v) is 3.74. The molecular weight excluding hydrogens is 330 g/mol. The number of amides is 2. The second-order valence-electron chi connectivity index (χ2n) is 5.57. The molecule has 0 aliphatic rings. The number of fused-ring (bicyclic) bond motifs is 1. The van der Waals surface area contributed by atoms with Crippen LogP contribution in [0.15, 0.2) is 60.8 Å². The maximum atomic E-state index is 12.2. The Morgan fingerprint density at radius 1 is 1.04 bits per heavy atom. The van der Waals surface area contributed by atoms with Gasteiger partial charge in [-0.25, -0.2) is 0 Å². The molecule has 0 bridgehead atoms. The molecule has 0 aliphatic carbocycles. The summed E-state index contributed by atoms with van der Waals surface area (Å²) in [6.07, 6.45) is 1.67. The normalized spacial score (nSPS) is 10.3. The highest BCUT2D eigenvalue weighted by Gasteiger charge is 2.10. The van der Waals surface area contributed by atoms with E-state index in [-0.39, 0.29) is 18.4 Å². The summed E-state index contributed by atoms with van der Waals surface area (Å²) < 4.78 is 5.34. The third kappa shape index (κ3) is 4.16. The van der Waals surface area contributed by atoms with Crippen molar-refractivity contribution in [2.24, 2.45) is 0 Å². The zero-order valence-electron chi connectivity index (χ0n) is 14.4.